The minimum atomic E-state index is -4.26. The fourth-order valence-corrected chi connectivity index (χ4v) is 9.58. The molecule has 12 nitrogen and oxygen atoms in total. The average molecular weight is 787 g/mol. The van der Waals surface area contributed by atoms with E-state index < -0.39 is 22.8 Å². The number of ether oxygens (including phenoxy) is 3. The van der Waals surface area contributed by atoms with Crippen LogP contribution in [-0.2, 0) is 33.0 Å². The third-order valence-electron chi connectivity index (χ3n) is 8.67. The molecule has 0 spiro atoms. The molecule has 3 atom stereocenters. The van der Waals surface area contributed by atoms with Crippen LogP contribution < -0.4 is 99.0 Å². The summed E-state index contributed by atoms with van der Waals surface area (Å²) in [4.78, 5) is 38.7. The smallest absolute Gasteiger partial charge is 0.769 e. The van der Waals surface area contributed by atoms with E-state index in [-0.39, 0.29) is 129 Å². The van der Waals surface area contributed by atoms with Gasteiger partial charge >= 0.3 is 56.6 Å². The van der Waals surface area contributed by atoms with Gasteiger partial charge in [0, 0.05) is 18.5 Å². The van der Waals surface area contributed by atoms with Gasteiger partial charge in [0.25, 0.3) is 0 Å². The van der Waals surface area contributed by atoms with Crippen LogP contribution >= 0.6 is 22.8 Å². The van der Waals surface area contributed by atoms with Crippen LogP contribution in [0.25, 0.3) is 0 Å². The van der Waals surface area contributed by atoms with Gasteiger partial charge in [0.15, 0.2) is 57.3 Å². The van der Waals surface area contributed by atoms with Crippen LogP contribution in [0.4, 0.5) is 0 Å². The maximum Gasteiger partial charge on any atom is 1.00 e. The van der Waals surface area contributed by atoms with Crippen molar-refractivity contribution in [3.05, 3.63) is 69.8 Å². The molecule has 0 amide bonds. The Morgan fingerprint density at radius 3 is 0.833 bits per heavy atom. The molecule has 0 fully saturated rings. The Hall–Kier alpha value is -1.18. The molecule has 282 valence electrons. The fourth-order valence-electron chi connectivity index (χ4n) is 5.87. The zero-order chi connectivity index (χ0) is 37.4. The normalized spacial score (nSPS) is 15.1. The molecule has 0 heterocycles. The molecular weight excluding hydrogens is 738 g/mol. The molecule has 18 heteroatoms. The van der Waals surface area contributed by atoms with Gasteiger partial charge in [0.05, 0.1) is 21.3 Å². The molecule has 0 N–H and O–H groups in total. The van der Waals surface area contributed by atoms with Gasteiger partial charge in [-0.3, -0.25) is 13.7 Å². The van der Waals surface area contributed by atoms with E-state index in [0.29, 0.717) is 55.2 Å². The van der Waals surface area contributed by atoms with Crippen molar-refractivity contribution in [2.24, 2.45) is 0 Å². The quantitative estimate of drug-likeness (QED) is 0.0804. The van der Waals surface area contributed by atoms with Gasteiger partial charge in [-0.2, -0.15) is 0 Å². The van der Waals surface area contributed by atoms with Crippen LogP contribution in [0.3, 0.4) is 0 Å². The second kappa shape index (κ2) is 22.7. The zero-order valence-electron chi connectivity index (χ0n) is 33.2. The van der Waals surface area contributed by atoms with Gasteiger partial charge in [-0.15, -0.1) is 0 Å². The molecule has 3 unspecified atom stereocenters. The Bertz CT molecular complexity index is 1630. The summed E-state index contributed by atoms with van der Waals surface area (Å²) >= 11 is 0. The maximum atomic E-state index is 12.9. The molecule has 0 aliphatic heterocycles. The monoisotopic (exact) mass is 786 g/mol. The summed E-state index contributed by atoms with van der Waals surface area (Å²) in [6.45, 7) is 5.68. The van der Waals surface area contributed by atoms with Gasteiger partial charge in [-0.05, 0) is 108 Å². The Balaban J connectivity index is 0.00000486. The van der Waals surface area contributed by atoms with Gasteiger partial charge in [0.1, 0.15) is 0 Å². The Morgan fingerprint density at radius 2 is 0.648 bits per heavy atom. The van der Waals surface area contributed by atoms with Crippen molar-refractivity contribution < 1.29 is 113 Å². The molecule has 0 saturated carbocycles. The molecule has 0 bridgehead atoms. The predicted octanol–water partition coefficient (Wildman–Crippen LogP) is -1.99. The summed E-state index contributed by atoms with van der Waals surface area (Å²) < 4.78 is 72.4. The number of hydrogen-bond acceptors (Lipinski definition) is 12. The minimum Gasteiger partial charge on any atom is -0.769 e. The number of methoxy groups -OCH3 is 3. The zero-order valence-corrected chi connectivity index (χ0v) is 35.9. The van der Waals surface area contributed by atoms with Crippen molar-refractivity contribution >= 4 is 22.8 Å². The van der Waals surface area contributed by atoms with Gasteiger partial charge in [0.2, 0.25) is 0 Å². The number of benzene rings is 3. The first kappa shape index (κ1) is 50.8. The largest absolute Gasteiger partial charge is 1.00 e. The first-order valence-electron chi connectivity index (χ1n) is 17.2. The van der Waals surface area contributed by atoms with E-state index in [0.717, 1.165) is 16.7 Å². The number of fused-ring (bicyclic) bond motifs is 3. The standard InChI is InChI=1S/C36H51O12P3.3Li/c1-7-10-13-49(37,38)46-34-22-28-16-26-20-32(44-5)36(48-51(41,42)15-12-9-3)24-30(26)18-27-21-33(45-6)35(47-50(39,40)14-11-8-2)23-29(27)17-25(28)19-31(34)43-4;;;/h19-24H,7-18H2,1-6H3,(H,37,38)(H,39,40)(H,41,42);;;/q;3*+1/p-3. The summed E-state index contributed by atoms with van der Waals surface area (Å²) in [5, 5.41) is 0. The molecule has 0 radical (unpaired) electrons. The fraction of sp³-hybridized carbons (Fsp3) is 0.500. The number of unbranched alkanes of at least 4 members (excludes halogenated alkanes) is 3. The summed E-state index contributed by atoms with van der Waals surface area (Å²) in [6, 6.07) is 10.1. The molecule has 1 aliphatic rings. The molecule has 0 saturated heterocycles. The van der Waals surface area contributed by atoms with Crippen molar-refractivity contribution in [2.45, 2.75) is 78.6 Å². The summed E-state index contributed by atoms with van der Waals surface area (Å²) in [5.41, 5.74) is 4.41. The number of hydrogen-bond donors (Lipinski definition) is 0. The van der Waals surface area contributed by atoms with Crippen LogP contribution in [0.2, 0.25) is 0 Å². The van der Waals surface area contributed by atoms with E-state index >= 15 is 0 Å². The summed E-state index contributed by atoms with van der Waals surface area (Å²) in [5.74, 6) is 0.790. The first-order valence-corrected chi connectivity index (χ1v) is 22.4. The second-order valence-electron chi connectivity index (χ2n) is 12.7. The molecule has 0 aromatic heterocycles. The Morgan fingerprint density at radius 1 is 0.444 bits per heavy atom. The van der Waals surface area contributed by atoms with Gasteiger partial charge in [-0.1, -0.05) is 40.0 Å². The summed E-state index contributed by atoms with van der Waals surface area (Å²) in [7, 11) is -8.49. The predicted molar refractivity (Wildman–Crippen MR) is 191 cm³/mol. The van der Waals surface area contributed by atoms with Crippen LogP contribution in [0.5, 0.6) is 34.5 Å². The molecule has 4 rings (SSSR count). The van der Waals surface area contributed by atoms with E-state index in [1.54, 1.807) is 36.4 Å². The third-order valence-corrected chi connectivity index (χ3v) is 12.7. The second-order valence-corrected chi connectivity index (χ2v) is 18.2. The molecular formula is C36H48Li3O12P3. The minimum absolute atomic E-state index is 0. The van der Waals surface area contributed by atoms with E-state index in [1.807, 2.05) is 20.8 Å². The van der Waals surface area contributed by atoms with Crippen molar-refractivity contribution in [3.8, 4) is 34.5 Å². The first-order chi connectivity index (χ1) is 24.2. The number of rotatable bonds is 18. The summed E-state index contributed by atoms with van der Waals surface area (Å²) in [6.07, 6.45) is 3.83. The SMILES string of the molecule is CCCCP(=O)([O-])Oc1cc2c(cc1OC)Cc1cc(OP(=O)([O-])CCCC)c(OC)cc1Cc1cc(OP(=O)([O-])CCCC)c(OC)cc1C2.[Li+].[Li+].[Li+]. The van der Waals surface area contributed by atoms with E-state index in [4.69, 9.17) is 27.8 Å². The Kier molecular flexibility index (Phi) is 21.4. The van der Waals surface area contributed by atoms with E-state index in [2.05, 4.69) is 0 Å². The van der Waals surface area contributed by atoms with Crippen LogP contribution in [0.15, 0.2) is 36.4 Å². The van der Waals surface area contributed by atoms with Crippen molar-refractivity contribution in [2.75, 3.05) is 39.8 Å². The van der Waals surface area contributed by atoms with Crippen molar-refractivity contribution in [1.82, 2.24) is 0 Å². The van der Waals surface area contributed by atoms with Crippen molar-refractivity contribution in [1.29, 1.82) is 0 Å². The molecule has 1 aliphatic carbocycles. The van der Waals surface area contributed by atoms with Gasteiger partial charge in [-0.25, -0.2) is 0 Å². The van der Waals surface area contributed by atoms with E-state index in [9.17, 15) is 28.4 Å². The molecule has 3 aromatic rings. The van der Waals surface area contributed by atoms with E-state index in [1.165, 1.54) is 21.3 Å². The maximum absolute atomic E-state index is 12.9. The van der Waals surface area contributed by atoms with Crippen LogP contribution in [0, 0.1) is 0 Å². The molecule has 3 aromatic carbocycles. The topological polar surface area (TPSA) is 176 Å². The van der Waals surface area contributed by atoms with Crippen molar-refractivity contribution in [3.63, 3.8) is 0 Å². The molecule has 54 heavy (non-hydrogen) atoms. The van der Waals surface area contributed by atoms with Gasteiger partial charge < -0.3 is 42.5 Å². The van der Waals surface area contributed by atoms with Crippen LogP contribution in [-0.4, -0.2) is 39.8 Å². The third kappa shape index (κ3) is 14.0. The Labute approximate surface area is 355 Å². The average Bonchev–Trinajstić information content (AvgIpc) is 3.13. The van der Waals surface area contributed by atoms with Crippen LogP contribution in [0.1, 0.15) is 92.7 Å².